The quantitative estimate of drug-likeness (QED) is 0.732. The average Bonchev–Trinajstić information content (AvgIpc) is 2.58. The standard InChI is InChI=1S/C18H18F6N2O2/c1-9-3-2-4-14(16(28)18(22,23)24)26(9)10-5-6-13-11(7-10)12(17(19,20)21)8-15(27)25-13/h5-9,14,16,28H,2-4H2,1H3,(H,25,27)/t9?,14?,16-/m1/s1. The number of aliphatic hydroxyl groups is 1. The molecule has 0 radical (unpaired) electrons. The predicted octanol–water partition coefficient (Wildman–Crippen LogP) is 4.22. The van der Waals surface area contributed by atoms with Crippen molar-refractivity contribution in [3.63, 3.8) is 0 Å². The fourth-order valence-corrected chi connectivity index (χ4v) is 3.84. The molecule has 1 aliphatic heterocycles. The summed E-state index contributed by atoms with van der Waals surface area (Å²) in [6.07, 6.45) is -11.2. The van der Waals surface area contributed by atoms with Gasteiger partial charge in [0.25, 0.3) is 0 Å². The number of hydrogen-bond acceptors (Lipinski definition) is 3. The summed E-state index contributed by atoms with van der Waals surface area (Å²) in [4.78, 5) is 15.1. The van der Waals surface area contributed by atoms with Gasteiger partial charge in [-0.1, -0.05) is 0 Å². The van der Waals surface area contributed by atoms with E-state index in [0.29, 0.717) is 18.9 Å². The van der Waals surface area contributed by atoms with Crippen LogP contribution in [0.3, 0.4) is 0 Å². The van der Waals surface area contributed by atoms with Crippen molar-refractivity contribution < 1.29 is 31.4 Å². The van der Waals surface area contributed by atoms with Crippen molar-refractivity contribution in [2.24, 2.45) is 0 Å². The molecule has 0 amide bonds. The molecule has 2 unspecified atom stereocenters. The number of anilines is 1. The topological polar surface area (TPSA) is 56.3 Å². The fraction of sp³-hybridized carbons (Fsp3) is 0.500. The monoisotopic (exact) mass is 408 g/mol. The van der Waals surface area contributed by atoms with Crippen molar-refractivity contribution in [3.05, 3.63) is 40.2 Å². The Labute approximate surface area is 155 Å². The van der Waals surface area contributed by atoms with E-state index in [1.54, 1.807) is 6.92 Å². The third-order valence-electron chi connectivity index (χ3n) is 5.08. The Kier molecular flexibility index (Phi) is 5.11. The van der Waals surface area contributed by atoms with Crippen LogP contribution in [-0.4, -0.2) is 34.5 Å². The lowest BCUT2D eigenvalue weighted by atomic mass is 9.91. The van der Waals surface area contributed by atoms with Crippen LogP contribution in [0.5, 0.6) is 0 Å². The van der Waals surface area contributed by atoms with E-state index in [1.807, 2.05) is 0 Å². The van der Waals surface area contributed by atoms with E-state index in [4.69, 9.17) is 0 Å². The molecule has 1 aromatic carbocycles. The van der Waals surface area contributed by atoms with Gasteiger partial charge in [0.15, 0.2) is 6.10 Å². The second-order valence-electron chi connectivity index (χ2n) is 7.02. The average molecular weight is 408 g/mol. The van der Waals surface area contributed by atoms with Gasteiger partial charge >= 0.3 is 12.4 Å². The number of piperidine rings is 1. The molecule has 4 nitrogen and oxygen atoms in total. The number of alkyl halides is 6. The molecule has 1 saturated heterocycles. The molecular formula is C18H18F6N2O2. The maximum absolute atomic E-state index is 13.4. The highest BCUT2D eigenvalue weighted by molar-refractivity contribution is 5.86. The summed E-state index contributed by atoms with van der Waals surface area (Å²) in [6, 6.07) is 2.42. The molecule has 0 bridgehead atoms. The van der Waals surface area contributed by atoms with Crippen LogP contribution in [0.4, 0.5) is 32.0 Å². The highest BCUT2D eigenvalue weighted by atomic mass is 19.4. The molecule has 1 aliphatic rings. The summed E-state index contributed by atoms with van der Waals surface area (Å²) >= 11 is 0. The third kappa shape index (κ3) is 3.82. The Morgan fingerprint density at radius 1 is 1.14 bits per heavy atom. The lowest BCUT2D eigenvalue weighted by Gasteiger charge is -2.44. The second-order valence-corrected chi connectivity index (χ2v) is 7.02. The van der Waals surface area contributed by atoms with Crippen LogP contribution in [0.25, 0.3) is 10.9 Å². The number of aliphatic hydroxyl groups excluding tert-OH is 1. The number of nitrogens with one attached hydrogen (secondary N) is 1. The molecule has 2 N–H and O–H groups in total. The number of aromatic nitrogens is 1. The maximum atomic E-state index is 13.4. The number of benzene rings is 1. The van der Waals surface area contributed by atoms with Gasteiger partial charge in [-0.05, 0) is 44.4 Å². The summed E-state index contributed by atoms with van der Waals surface area (Å²) in [5.74, 6) is 0. The molecule has 0 saturated carbocycles. The number of pyridine rings is 1. The number of aromatic amines is 1. The lowest BCUT2D eigenvalue weighted by Crippen LogP contribution is -2.55. The Hall–Kier alpha value is -2.23. The fourth-order valence-electron chi connectivity index (χ4n) is 3.84. The predicted molar refractivity (Wildman–Crippen MR) is 91.2 cm³/mol. The zero-order valence-electron chi connectivity index (χ0n) is 14.7. The van der Waals surface area contributed by atoms with Crippen molar-refractivity contribution in [1.29, 1.82) is 0 Å². The van der Waals surface area contributed by atoms with Crippen LogP contribution < -0.4 is 10.5 Å². The normalized spacial score (nSPS) is 22.5. The van der Waals surface area contributed by atoms with Crippen LogP contribution >= 0.6 is 0 Å². The van der Waals surface area contributed by atoms with E-state index in [1.165, 1.54) is 17.0 Å². The zero-order chi connectivity index (χ0) is 20.9. The van der Waals surface area contributed by atoms with Gasteiger partial charge in [0.2, 0.25) is 5.56 Å². The van der Waals surface area contributed by atoms with Crippen molar-refractivity contribution in [2.45, 2.75) is 56.7 Å². The first kappa shape index (κ1) is 20.5. The van der Waals surface area contributed by atoms with Crippen molar-refractivity contribution in [2.75, 3.05) is 4.90 Å². The van der Waals surface area contributed by atoms with Crippen molar-refractivity contribution >= 4 is 16.6 Å². The molecule has 28 heavy (non-hydrogen) atoms. The van der Waals surface area contributed by atoms with Gasteiger partial charge in [0.1, 0.15) is 0 Å². The van der Waals surface area contributed by atoms with E-state index in [9.17, 15) is 36.2 Å². The highest BCUT2D eigenvalue weighted by Crippen LogP contribution is 2.39. The van der Waals surface area contributed by atoms with E-state index < -0.39 is 41.7 Å². The maximum Gasteiger partial charge on any atom is 0.417 e. The van der Waals surface area contributed by atoms with Gasteiger partial charge in [-0.3, -0.25) is 4.79 Å². The van der Waals surface area contributed by atoms with Gasteiger partial charge in [0, 0.05) is 28.7 Å². The number of hydrogen-bond donors (Lipinski definition) is 2. The second kappa shape index (κ2) is 6.98. The lowest BCUT2D eigenvalue weighted by molar-refractivity contribution is -0.211. The third-order valence-corrected chi connectivity index (χ3v) is 5.08. The van der Waals surface area contributed by atoms with Crippen LogP contribution in [0.1, 0.15) is 31.7 Å². The Bertz CT molecular complexity index is 921. The summed E-state index contributed by atoms with van der Waals surface area (Å²) in [5, 5.41) is 9.48. The van der Waals surface area contributed by atoms with E-state index in [2.05, 4.69) is 4.98 Å². The van der Waals surface area contributed by atoms with Crippen LogP contribution in [-0.2, 0) is 6.18 Å². The number of nitrogens with zero attached hydrogens (tertiary/aromatic N) is 1. The van der Waals surface area contributed by atoms with E-state index in [0.717, 1.165) is 6.07 Å². The van der Waals surface area contributed by atoms with Gasteiger partial charge in [-0.15, -0.1) is 0 Å². The molecule has 3 rings (SSSR count). The molecule has 0 spiro atoms. The smallest absolute Gasteiger partial charge is 0.382 e. The molecule has 1 aromatic heterocycles. The van der Waals surface area contributed by atoms with Gasteiger partial charge in [-0.25, -0.2) is 0 Å². The van der Waals surface area contributed by atoms with Crippen molar-refractivity contribution in [1.82, 2.24) is 4.98 Å². The minimum atomic E-state index is -4.85. The molecule has 154 valence electrons. The molecule has 2 aromatic rings. The summed E-state index contributed by atoms with van der Waals surface area (Å²) < 4.78 is 79.4. The Morgan fingerprint density at radius 3 is 2.43 bits per heavy atom. The van der Waals surface area contributed by atoms with E-state index in [-0.39, 0.29) is 23.0 Å². The van der Waals surface area contributed by atoms with Crippen LogP contribution in [0.15, 0.2) is 29.1 Å². The first-order chi connectivity index (χ1) is 12.9. The Morgan fingerprint density at radius 2 is 1.82 bits per heavy atom. The number of rotatable bonds is 2. The minimum Gasteiger partial charge on any atom is -0.382 e. The Balaban J connectivity index is 2.15. The summed E-state index contributed by atoms with van der Waals surface area (Å²) in [6.45, 7) is 1.66. The molecular weight excluding hydrogens is 390 g/mol. The zero-order valence-corrected chi connectivity index (χ0v) is 14.7. The summed E-state index contributed by atoms with van der Waals surface area (Å²) in [7, 11) is 0. The number of H-pyrrole nitrogens is 1. The molecule has 2 heterocycles. The molecule has 3 atom stereocenters. The molecule has 1 fully saturated rings. The highest BCUT2D eigenvalue weighted by Gasteiger charge is 2.47. The van der Waals surface area contributed by atoms with E-state index >= 15 is 0 Å². The van der Waals surface area contributed by atoms with Gasteiger partial charge in [0.05, 0.1) is 11.6 Å². The molecule has 10 heteroatoms. The number of fused-ring (bicyclic) bond motifs is 1. The summed E-state index contributed by atoms with van der Waals surface area (Å²) in [5.41, 5.74) is -2.03. The first-order valence-electron chi connectivity index (χ1n) is 8.67. The number of halogens is 6. The SMILES string of the molecule is CC1CCCC([C@@H](O)C(F)(F)F)N1c1ccc2[nH]c(=O)cc(C(F)(F)F)c2c1. The minimum absolute atomic E-state index is 0.0564. The van der Waals surface area contributed by atoms with Crippen LogP contribution in [0.2, 0.25) is 0 Å². The van der Waals surface area contributed by atoms with Crippen LogP contribution in [0, 0.1) is 0 Å². The largest absolute Gasteiger partial charge is 0.417 e. The van der Waals surface area contributed by atoms with Gasteiger partial charge < -0.3 is 15.0 Å². The van der Waals surface area contributed by atoms with Crippen molar-refractivity contribution in [3.8, 4) is 0 Å². The molecule has 0 aliphatic carbocycles. The van der Waals surface area contributed by atoms with Gasteiger partial charge in [-0.2, -0.15) is 26.3 Å². The first-order valence-corrected chi connectivity index (χ1v) is 8.67.